The van der Waals surface area contributed by atoms with Gasteiger partial charge >= 0.3 is 0 Å². The fourth-order valence-electron chi connectivity index (χ4n) is 6.57. The molecule has 0 saturated heterocycles. The van der Waals surface area contributed by atoms with Crippen molar-refractivity contribution in [3.8, 4) is 33.4 Å². The predicted molar refractivity (Wildman–Crippen MR) is 181 cm³/mol. The lowest BCUT2D eigenvalue weighted by Crippen LogP contribution is -1.86. The van der Waals surface area contributed by atoms with E-state index in [-0.39, 0.29) is 0 Å². The van der Waals surface area contributed by atoms with Crippen LogP contribution in [0.4, 0.5) is 5.69 Å². The average molecular weight is 562 g/mol. The number of fused-ring (bicyclic) bond motifs is 7. The van der Waals surface area contributed by atoms with Crippen LogP contribution in [0.3, 0.4) is 0 Å². The zero-order chi connectivity index (χ0) is 29.2. The molecule has 0 aliphatic heterocycles. The summed E-state index contributed by atoms with van der Waals surface area (Å²) in [5, 5.41) is 6.68. The third-order valence-electron chi connectivity index (χ3n) is 8.68. The molecule has 204 valence electrons. The van der Waals surface area contributed by atoms with Crippen molar-refractivity contribution in [1.82, 2.24) is 0 Å². The molecule has 0 N–H and O–H groups in total. The van der Waals surface area contributed by atoms with Crippen LogP contribution in [0.15, 0.2) is 148 Å². The first-order valence-corrected chi connectivity index (χ1v) is 14.6. The minimum Gasteiger partial charge on any atom is -0.455 e. The fourth-order valence-corrected chi connectivity index (χ4v) is 6.57. The second-order valence-electron chi connectivity index (χ2n) is 11.2. The quantitative estimate of drug-likeness (QED) is 0.201. The van der Waals surface area contributed by atoms with E-state index in [1.54, 1.807) is 0 Å². The Hall–Kier alpha value is -6.11. The molecule has 0 fully saturated rings. The first-order chi connectivity index (χ1) is 21.7. The summed E-state index contributed by atoms with van der Waals surface area (Å²) in [5.74, 6) is 0. The summed E-state index contributed by atoms with van der Waals surface area (Å²) in [6.45, 7) is 7.29. The van der Waals surface area contributed by atoms with Crippen LogP contribution in [0.25, 0.3) is 92.9 Å². The molecule has 0 amide bonds. The van der Waals surface area contributed by atoms with Crippen LogP contribution in [0.5, 0.6) is 0 Å². The van der Waals surface area contributed by atoms with Crippen LogP contribution in [-0.2, 0) is 0 Å². The first-order valence-electron chi connectivity index (χ1n) is 14.6. The molecular formula is C41H23NO2. The minimum atomic E-state index is 0.644. The Morgan fingerprint density at radius 1 is 0.432 bits per heavy atom. The molecule has 0 radical (unpaired) electrons. The van der Waals surface area contributed by atoms with Gasteiger partial charge in [0, 0.05) is 21.5 Å². The van der Waals surface area contributed by atoms with Gasteiger partial charge in [0.25, 0.3) is 0 Å². The monoisotopic (exact) mass is 561 g/mol. The molecule has 3 heteroatoms. The second-order valence-corrected chi connectivity index (χ2v) is 11.2. The average Bonchev–Trinajstić information content (AvgIpc) is 3.65. The van der Waals surface area contributed by atoms with Crippen molar-refractivity contribution >= 4 is 60.3 Å². The van der Waals surface area contributed by atoms with Crippen molar-refractivity contribution in [3.63, 3.8) is 0 Å². The van der Waals surface area contributed by atoms with Crippen LogP contribution >= 0.6 is 0 Å². The third kappa shape index (κ3) is 3.68. The van der Waals surface area contributed by atoms with Crippen LogP contribution in [-0.4, -0.2) is 0 Å². The highest BCUT2D eigenvalue weighted by atomic mass is 16.3. The largest absolute Gasteiger partial charge is 0.455 e. The van der Waals surface area contributed by atoms with Gasteiger partial charge in [0.15, 0.2) is 5.69 Å². The minimum absolute atomic E-state index is 0.644. The zero-order valence-electron chi connectivity index (χ0n) is 23.5. The molecule has 0 aliphatic rings. The molecule has 0 aliphatic carbocycles. The molecule has 0 bridgehead atoms. The molecular weight excluding hydrogens is 538 g/mol. The summed E-state index contributed by atoms with van der Waals surface area (Å²) < 4.78 is 13.0. The van der Waals surface area contributed by atoms with Crippen molar-refractivity contribution in [1.29, 1.82) is 0 Å². The number of para-hydroxylation sites is 2. The standard InChI is InChI=1S/C41H23NO2/c1-42-30-20-18-25(19-21-30)31-8-2-3-9-32(31)28-16-14-27-23-29(17-15-26(27)22-28)39-40-35(33-10-4-6-12-37(33)43-40)24-36-34-11-5-7-13-38(34)44-41(36)39/h2-24H. The first kappa shape index (κ1) is 24.5. The number of hydrogen-bond acceptors (Lipinski definition) is 2. The van der Waals surface area contributed by atoms with Crippen molar-refractivity contribution in [3.05, 3.63) is 151 Å². The van der Waals surface area contributed by atoms with Crippen LogP contribution in [0, 0.1) is 6.57 Å². The molecule has 0 unspecified atom stereocenters. The van der Waals surface area contributed by atoms with Gasteiger partial charge in [-0.3, -0.25) is 0 Å². The summed E-state index contributed by atoms with van der Waals surface area (Å²) >= 11 is 0. The van der Waals surface area contributed by atoms with Crippen molar-refractivity contribution in [2.24, 2.45) is 0 Å². The van der Waals surface area contributed by atoms with Gasteiger partial charge in [-0.25, -0.2) is 4.85 Å². The van der Waals surface area contributed by atoms with Gasteiger partial charge in [-0.1, -0.05) is 109 Å². The Bertz CT molecular complexity index is 2520. The van der Waals surface area contributed by atoms with Crippen LogP contribution in [0.1, 0.15) is 0 Å². The highest BCUT2D eigenvalue weighted by Gasteiger charge is 2.21. The van der Waals surface area contributed by atoms with E-state index in [0.717, 1.165) is 88.0 Å². The lowest BCUT2D eigenvalue weighted by atomic mass is 9.92. The molecule has 3 nitrogen and oxygen atoms in total. The van der Waals surface area contributed by atoms with E-state index in [0.29, 0.717) is 5.69 Å². The van der Waals surface area contributed by atoms with Crippen LogP contribution < -0.4 is 0 Å². The fraction of sp³-hybridized carbons (Fsp3) is 0. The Kier molecular flexibility index (Phi) is 5.26. The number of benzene rings is 7. The van der Waals surface area contributed by atoms with Gasteiger partial charge in [-0.2, -0.15) is 0 Å². The third-order valence-corrected chi connectivity index (χ3v) is 8.68. The predicted octanol–water partition coefficient (Wildman–Crippen LogP) is 12.2. The number of furan rings is 2. The number of nitrogens with zero attached hydrogens (tertiary/aromatic N) is 1. The molecule has 2 aromatic heterocycles. The van der Waals surface area contributed by atoms with E-state index in [1.807, 2.05) is 48.5 Å². The lowest BCUT2D eigenvalue weighted by molar-refractivity contribution is 0.658. The highest BCUT2D eigenvalue weighted by Crippen LogP contribution is 2.45. The maximum Gasteiger partial charge on any atom is 0.187 e. The summed E-state index contributed by atoms with van der Waals surface area (Å²) in [7, 11) is 0. The Morgan fingerprint density at radius 2 is 0.932 bits per heavy atom. The lowest BCUT2D eigenvalue weighted by Gasteiger charge is -2.12. The summed E-state index contributed by atoms with van der Waals surface area (Å²) in [6, 6.07) is 48.1. The van der Waals surface area contributed by atoms with E-state index >= 15 is 0 Å². The summed E-state index contributed by atoms with van der Waals surface area (Å²) in [4.78, 5) is 3.54. The zero-order valence-corrected chi connectivity index (χ0v) is 23.5. The topological polar surface area (TPSA) is 30.6 Å². The molecule has 9 rings (SSSR count). The van der Waals surface area contributed by atoms with Gasteiger partial charge in [-0.15, -0.1) is 0 Å². The molecule has 2 heterocycles. The second kappa shape index (κ2) is 9.46. The van der Waals surface area contributed by atoms with Gasteiger partial charge in [-0.05, 0) is 68.9 Å². The summed E-state index contributed by atoms with van der Waals surface area (Å²) in [6.07, 6.45) is 0. The van der Waals surface area contributed by atoms with E-state index in [2.05, 4.69) is 95.8 Å². The van der Waals surface area contributed by atoms with E-state index in [4.69, 9.17) is 15.4 Å². The number of hydrogen-bond donors (Lipinski definition) is 0. The normalized spacial score (nSPS) is 11.6. The van der Waals surface area contributed by atoms with Gasteiger partial charge in [0.2, 0.25) is 0 Å². The van der Waals surface area contributed by atoms with Crippen molar-refractivity contribution < 1.29 is 8.83 Å². The Balaban J connectivity index is 1.23. The van der Waals surface area contributed by atoms with Gasteiger partial charge in [0.05, 0.1) is 12.1 Å². The van der Waals surface area contributed by atoms with Crippen LogP contribution in [0.2, 0.25) is 0 Å². The van der Waals surface area contributed by atoms with E-state index in [1.165, 1.54) is 0 Å². The van der Waals surface area contributed by atoms with Gasteiger partial charge in [0.1, 0.15) is 22.3 Å². The molecule has 0 spiro atoms. The maximum atomic E-state index is 7.29. The Labute approximate surface area is 253 Å². The van der Waals surface area contributed by atoms with Crippen molar-refractivity contribution in [2.75, 3.05) is 0 Å². The van der Waals surface area contributed by atoms with E-state index < -0.39 is 0 Å². The molecule has 7 aromatic carbocycles. The van der Waals surface area contributed by atoms with E-state index in [9.17, 15) is 0 Å². The molecule has 44 heavy (non-hydrogen) atoms. The highest BCUT2D eigenvalue weighted by molar-refractivity contribution is 6.22. The number of rotatable bonds is 3. The van der Waals surface area contributed by atoms with Gasteiger partial charge < -0.3 is 8.83 Å². The smallest absolute Gasteiger partial charge is 0.187 e. The maximum absolute atomic E-state index is 7.29. The molecule has 0 saturated carbocycles. The SMILES string of the molecule is [C-]#[N+]c1ccc(-c2ccccc2-c2ccc3cc(-c4c5oc6ccccc6c5cc5c4oc4ccccc45)ccc3c2)cc1. The summed E-state index contributed by atoms with van der Waals surface area (Å²) in [5.41, 5.74) is 10.6. The molecule has 0 atom stereocenters. The Morgan fingerprint density at radius 3 is 1.55 bits per heavy atom. The molecule has 9 aromatic rings. The van der Waals surface area contributed by atoms with Crippen molar-refractivity contribution in [2.45, 2.75) is 0 Å².